The van der Waals surface area contributed by atoms with Crippen LogP contribution >= 0.6 is 11.3 Å². The second-order valence-electron chi connectivity index (χ2n) is 7.21. The van der Waals surface area contributed by atoms with E-state index < -0.39 is 59.6 Å². The number of hydrogen-bond acceptors (Lipinski definition) is 4. The number of rotatable bonds is 4. The quantitative estimate of drug-likeness (QED) is 0.496. The Bertz CT molecular complexity index is 1080. The van der Waals surface area contributed by atoms with Crippen molar-refractivity contribution in [3.63, 3.8) is 0 Å². The largest absolute Gasteiger partial charge is 0.481 e. The van der Waals surface area contributed by atoms with Gasteiger partial charge < -0.3 is 9.94 Å². The van der Waals surface area contributed by atoms with Gasteiger partial charge in [-0.1, -0.05) is 5.16 Å². The molecular formula is C19H12F9NO3S. The predicted octanol–water partition coefficient (Wildman–Crippen LogP) is 6.30. The van der Waals surface area contributed by atoms with Crippen LogP contribution in [-0.4, -0.2) is 23.0 Å². The van der Waals surface area contributed by atoms with Gasteiger partial charge in [-0.15, -0.1) is 11.3 Å². The number of carboxylic acids is 1. The number of nitrogens with zero attached hydrogens (tertiary/aromatic N) is 1. The summed E-state index contributed by atoms with van der Waals surface area (Å²) in [4.78, 5) is 15.8. The second kappa shape index (κ2) is 7.92. The van der Waals surface area contributed by atoms with Gasteiger partial charge in [0.25, 0.3) is 5.60 Å². The lowest BCUT2D eigenvalue weighted by atomic mass is 9.85. The second-order valence-corrected chi connectivity index (χ2v) is 8.35. The highest BCUT2D eigenvalue weighted by molar-refractivity contribution is 7.14. The normalized spacial score (nSPS) is 19.4. The molecule has 2 aromatic rings. The van der Waals surface area contributed by atoms with Crippen LogP contribution in [0.1, 0.15) is 38.4 Å². The number of thiophene rings is 1. The zero-order chi connectivity index (χ0) is 25.0. The number of halogens is 9. The summed E-state index contributed by atoms with van der Waals surface area (Å²) < 4.78 is 121. The molecule has 1 aromatic heterocycles. The molecule has 0 fully saturated rings. The summed E-state index contributed by atoms with van der Waals surface area (Å²) in [6.45, 7) is 1.49. The molecule has 33 heavy (non-hydrogen) atoms. The Morgan fingerprint density at radius 2 is 1.58 bits per heavy atom. The van der Waals surface area contributed by atoms with Crippen LogP contribution in [0, 0.1) is 6.92 Å². The molecule has 1 aromatic carbocycles. The van der Waals surface area contributed by atoms with E-state index in [0.29, 0.717) is 10.4 Å². The van der Waals surface area contributed by atoms with E-state index in [1.807, 2.05) is 0 Å². The molecule has 4 nitrogen and oxygen atoms in total. The average molecular weight is 505 g/mol. The van der Waals surface area contributed by atoms with Gasteiger partial charge in [-0.25, -0.2) is 0 Å². The maximum Gasteiger partial charge on any atom is 0.435 e. The van der Waals surface area contributed by atoms with Gasteiger partial charge in [0.1, 0.15) is 5.71 Å². The summed E-state index contributed by atoms with van der Waals surface area (Å²) in [6.07, 6.45) is -17.8. The summed E-state index contributed by atoms with van der Waals surface area (Å²) in [5.41, 5.74) is -8.83. The van der Waals surface area contributed by atoms with Crippen LogP contribution in [-0.2, 0) is 34.0 Å². The standard InChI is InChI=1S/C19H12F9NO3S/c1-8-2-14(33-13(8)6-15(30)31)12-7-16(32-29-12,19(26,27)28)9-3-10(17(20,21)22)5-11(4-9)18(23,24)25/h2-5H,6-7H2,1H3,(H,30,31). The molecule has 3 rings (SSSR count). The van der Waals surface area contributed by atoms with E-state index in [2.05, 4.69) is 9.99 Å². The maximum atomic E-state index is 14.1. The molecule has 1 unspecified atom stereocenters. The van der Waals surface area contributed by atoms with E-state index >= 15 is 0 Å². The molecule has 14 heteroatoms. The SMILES string of the molecule is Cc1cc(C2=NOC(c3cc(C(F)(F)F)cc(C(F)(F)F)c3)(C(F)(F)F)C2)sc1CC(=O)O. The van der Waals surface area contributed by atoms with Gasteiger partial charge in [-0.2, -0.15) is 39.5 Å². The van der Waals surface area contributed by atoms with Crippen molar-refractivity contribution in [2.45, 2.75) is 43.9 Å². The molecule has 0 amide bonds. The maximum absolute atomic E-state index is 14.1. The van der Waals surface area contributed by atoms with E-state index in [0.717, 1.165) is 11.3 Å². The third-order valence-electron chi connectivity index (χ3n) is 4.86. The number of aryl methyl sites for hydroxylation is 1. The Hall–Kier alpha value is -2.77. The van der Waals surface area contributed by atoms with Crippen LogP contribution in [0.15, 0.2) is 29.4 Å². The highest BCUT2D eigenvalue weighted by atomic mass is 32.1. The van der Waals surface area contributed by atoms with Crippen molar-refractivity contribution in [1.82, 2.24) is 0 Å². The Morgan fingerprint density at radius 3 is 2.03 bits per heavy atom. The average Bonchev–Trinajstić information content (AvgIpc) is 3.24. The number of carbonyl (C=O) groups is 1. The van der Waals surface area contributed by atoms with E-state index in [4.69, 9.17) is 5.11 Å². The molecule has 0 aliphatic carbocycles. The molecule has 0 spiro atoms. The lowest BCUT2D eigenvalue weighted by Gasteiger charge is -2.30. The highest BCUT2D eigenvalue weighted by Crippen LogP contribution is 2.51. The molecule has 0 saturated carbocycles. The lowest BCUT2D eigenvalue weighted by Crippen LogP contribution is -2.43. The van der Waals surface area contributed by atoms with Crippen molar-refractivity contribution < 1.29 is 54.3 Å². The van der Waals surface area contributed by atoms with Crippen molar-refractivity contribution in [1.29, 1.82) is 0 Å². The van der Waals surface area contributed by atoms with Crippen LogP contribution in [0.2, 0.25) is 0 Å². The third-order valence-corrected chi connectivity index (χ3v) is 6.14. The first kappa shape index (κ1) is 24.9. The summed E-state index contributed by atoms with van der Waals surface area (Å²) in [7, 11) is 0. The Balaban J connectivity index is 2.11. The van der Waals surface area contributed by atoms with Crippen molar-refractivity contribution in [3.05, 3.63) is 56.3 Å². The molecule has 2 heterocycles. The molecule has 0 radical (unpaired) electrons. The van der Waals surface area contributed by atoms with Crippen LogP contribution < -0.4 is 0 Å². The van der Waals surface area contributed by atoms with E-state index in [1.165, 1.54) is 13.0 Å². The predicted molar refractivity (Wildman–Crippen MR) is 96.8 cm³/mol. The summed E-state index contributed by atoms with van der Waals surface area (Å²) >= 11 is 0.788. The van der Waals surface area contributed by atoms with Crippen LogP contribution in [0.25, 0.3) is 0 Å². The van der Waals surface area contributed by atoms with Crippen LogP contribution in [0.4, 0.5) is 39.5 Å². The fourth-order valence-electron chi connectivity index (χ4n) is 3.20. The smallest absolute Gasteiger partial charge is 0.435 e. The number of carboxylic acid groups (broad SMARTS) is 1. The third kappa shape index (κ3) is 4.80. The van der Waals surface area contributed by atoms with Gasteiger partial charge in [0.15, 0.2) is 0 Å². The fourth-order valence-corrected chi connectivity index (χ4v) is 4.34. The number of aliphatic carboxylic acids is 1. The minimum Gasteiger partial charge on any atom is -0.481 e. The Morgan fingerprint density at radius 1 is 1.03 bits per heavy atom. The summed E-state index contributed by atoms with van der Waals surface area (Å²) in [6, 6.07) is 0.948. The monoisotopic (exact) mass is 505 g/mol. The number of oxime groups is 1. The summed E-state index contributed by atoms with van der Waals surface area (Å²) in [5, 5.41) is 12.2. The van der Waals surface area contributed by atoms with Crippen LogP contribution in [0.3, 0.4) is 0 Å². The number of alkyl halides is 9. The zero-order valence-corrected chi connectivity index (χ0v) is 17.1. The first-order valence-corrected chi connectivity index (χ1v) is 9.69. The molecule has 1 aliphatic heterocycles. The van der Waals surface area contributed by atoms with Crippen LogP contribution in [0.5, 0.6) is 0 Å². The van der Waals surface area contributed by atoms with Gasteiger partial charge in [0.05, 0.1) is 28.8 Å². The Kier molecular flexibility index (Phi) is 5.97. The molecule has 180 valence electrons. The Labute approximate surface area is 183 Å². The number of hydrogen-bond donors (Lipinski definition) is 1. The van der Waals surface area contributed by atoms with Gasteiger partial charge in [-0.3, -0.25) is 4.79 Å². The first-order valence-electron chi connectivity index (χ1n) is 8.87. The van der Waals surface area contributed by atoms with Crippen molar-refractivity contribution in [2.24, 2.45) is 5.16 Å². The van der Waals surface area contributed by atoms with Gasteiger partial charge >= 0.3 is 24.5 Å². The molecule has 1 N–H and O–H groups in total. The van der Waals surface area contributed by atoms with Crippen molar-refractivity contribution in [3.8, 4) is 0 Å². The van der Waals surface area contributed by atoms with Gasteiger partial charge in [0.2, 0.25) is 0 Å². The molecule has 0 saturated heterocycles. The molecule has 1 atom stereocenters. The zero-order valence-electron chi connectivity index (χ0n) is 16.2. The highest BCUT2D eigenvalue weighted by Gasteiger charge is 2.63. The van der Waals surface area contributed by atoms with Crippen molar-refractivity contribution in [2.75, 3.05) is 0 Å². The lowest BCUT2D eigenvalue weighted by molar-refractivity contribution is -0.276. The minimum absolute atomic E-state index is 0.0449. The molecule has 0 bridgehead atoms. The number of benzene rings is 1. The topological polar surface area (TPSA) is 58.9 Å². The first-order chi connectivity index (χ1) is 14.9. The van der Waals surface area contributed by atoms with E-state index in [9.17, 15) is 44.3 Å². The molecule has 1 aliphatic rings. The van der Waals surface area contributed by atoms with Crippen molar-refractivity contribution >= 4 is 23.0 Å². The van der Waals surface area contributed by atoms with E-state index in [-0.39, 0.29) is 28.8 Å². The minimum atomic E-state index is -5.44. The fraction of sp³-hybridized carbons (Fsp3) is 0.368. The summed E-state index contributed by atoms with van der Waals surface area (Å²) in [5.74, 6) is -1.20. The van der Waals surface area contributed by atoms with Gasteiger partial charge in [0, 0.05) is 10.4 Å². The molecular weight excluding hydrogens is 493 g/mol. The van der Waals surface area contributed by atoms with E-state index in [1.54, 1.807) is 0 Å². The van der Waals surface area contributed by atoms with Gasteiger partial charge in [-0.05, 0) is 36.8 Å².